The van der Waals surface area contributed by atoms with Gasteiger partial charge in [-0.3, -0.25) is 0 Å². The van der Waals surface area contributed by atoms with E-state index in [1.54, 1.807) is 0 Å². The average molecular weight is 232 g/mol. The van der Waals surface area contributed by atoms with Crippen LogP contribution in [0.1, 0.15) is 59.3 Å². The fourth-order valence-electron chi connectivity index (χ4n) is 2.49. The van der Waals surface area contributed by atoms with Crippen LogP contribution < -0.4 is 0 Å². The van der Waals surface area contributed by atoms with Gasteiger partial charge < -0.3 is 5.21 Å². The summed E-state index contributed by atoms with van der Waals surface area (Å²) in [5, 5.41) is 12.3. The van der Waals surface area contributed by atoms with Crippen molar-refractivity contribution in [2.45, 2.75) is 59.3 Å². The van der Waals surface area contributed by atoms with E-state index in [9.17, 15) is 0 Å². The Labute approximate surface area is 97.7 Å². The third-order valence-corrected chi connectivity index (χ3v) is 4.28. The first-order valence-corrected chi connectivity index (χ1v) is 6.15. The normalized spacial score (nSPS) is 26.8. The van der Waals surface area contributed by atoms with Crippen molar-refractivity contribution in [3.05, 3.63) is 0 Å². The highest BCUT2D eigenvalue weighted by molar-refractivity contribution is 6.66. The summed E-state index contributed by atoms with van der Waals surface area (Å²) in [6, 6.07) is 0. The molecular formula is C12H22ClNO. The monoisotopic (exact) mass is 231 g/mol. The topological polar surface area (TPSA) is 32.6 Å². The summed E-state index contributed by atoms with van der Waals surface area (Å²) < 4.78 is 0. The van der Waals surface area contributed by atoms with Crippen LogP contribution >= 0.6 is 11.6 Å². The van der Waals surface area contributed by atoms with Crippen molar-refractivity contribution in [3.8, 4) is 0 Å². The summed E-state index contributed by atoms with van der Waals surface area (Å²) in [7, 11) is 0. The molecule has 0 spiro atoms. The third kappa shape index (κ3) is 3.37. The number of rotatable bonds is 1. The van der Waals surface area contributed by atoms with E-state index in [0.29, 0.717) is 10.6 Å². The Bertz CT molecular complexity index is 236. The third-order valence-electron chi connectivity index (χ3n) is 3.75. The molecular weight excluding hydrogens is 210 g/mol. The van der Waals surface area contributed by atoms with Gasteiger partial charge in [-0.1, -0.05) is 50.4 Å². The van der Waals surface area contributed by atoms with E-state index >= 15 is 0 Å². The second-order valence-electron chi connectivity index (χ2n) is 5.82. The maximum atomic E-state index is 8.77. The quantitative estimate of drug-likeness (QED) is 0.405. The Morgan fingerprint density at radius 3 is 1.93 bits per heavy atom. The maximum Gasteiger partial charge on any atom is 0.151 e. The lowest BCUT2D eigenvalue weighted by molar-refractivity contribution is 0.217. The molecule has 0 aromatic rings. The number of halogens is 1. The molecule has 1 rings (SSSR count). The molecule has 15 heavy (non-hydrogen) atoms. The minimum atomic E-state index is -0.104. The Kier molecular flexibility index (Phi) is 4.05. The summed E-state index contributed by atoms with van der Waals surface area (Å²) in [6.07, 6.45) is 6.85. The Balaban J connectivity index is 2.66. The first-order chi connectivity index (χ1) is 6.90. The predicted molar refractivity (Wildman–Crippen MR) is 64.7 cm³/mol. The Morgan fingerprint density at radius 1 is 1.07 bits per heavy atom. The number of hydrogen-bond donors (Lipinski definition) is 1. The van der Waals surface area contributed by atoms with Crippen LogP contribution in [0.3, 0.4) is 0 Å². The zero-order valence-electron chi connectivity index (χ0n) is 10.0. The molecule has 0 unspecified atom stereocenters. The number of nitrogens with zero attached hydrogens (tertiary/aromatic N) is 1. The van der Waals surface area contributed by atoms with Gasteiger partial charge in [-0.25, -0.2) is 0 Å². The maximum absolute atomic E-state index is 8.77. The second-order valence-corrected chi connectivity index (χ2v) is 6.18. The first-order valence-electron chi connectivity index (χ1n) is 5.78. The van der Waals surface area contributed by atoms with E-state index in [1.807, 2.05) is 0 Å². The fourth-order valence-corrected chi connectivity index (χ4v) is 2.68. The van der Waals surface area contributed by atoms with Crippen LogP contribution in [0, 0.1) is 10.8 Å². The summed E-state index contributed by atoms with van der Waals surface area (Å²) in [6.45, 7) is 6.77. The molecule has 1 N–H and O–H groups in total. The standard InChI is InChI=1S/C12H22ClNO/c1-11(2)6-4-8-12(3,9-5-7-11)10(13)14-15/h15H,4-9H2,1-3H3/b14-10-. The molecule has 88 valence electrons. The van der Waals surface area contributed by atoms with Crippen molar-refractivity contribution in [2.24, 2.45) is 16.0 Å². The Hall–Kier alpha value is -0.240. The predicted octanol–water partition coefficient (Wildman–Crippen LogP) is 4.40. The van der Waals surface area contributed by atoms with E-state index in [2.05, 4.69) is 25.9 Å². The lowest BCUT2D eigenvalue weighted by Crippen LogP contribution is -2.28. The lowest BCUT2D eigenvalue weighted by atomic mass is 9.72. The molecule has 3 heteroatoms. The van der Waals surface area contributed by atoms with E-state index in [0.717, 1.165) is 25.7 Å². The van der Waals surface area contributed by atoms with Crippen molar-refractivity contribution in [1.82, 2.24) is 0 Å². The van der Waals surface area contributed by atoms with Crippen LogP contribution in [0.25, 0.3) is 0 Å². The Morgan fingerprint density at radius 2 is 1.53 bits per heavy atom. The van der Waals surface area contributed by atoms with Gasteiger partial charge in [-0.05, 0) is 31.1 Å². The van der Waals surface area contributed by atoms with E-state index in [4.69, 9.17) is 16.8 Å². The minimum Gasteiger partial charge on any atom is -0.410 e. The van der Waals surface area contributed by atoms with E-state index in [-0.39, 0.29) is 5.41 Å². The van der Waals surface area contributed by atoms with Gasteiger partial charge in [0.15, 0.2) is 5.17 Å². The lowest BCUT2D eigenvalue weighted by Gasteiger charge is -2.34. The van der Waals surface area contributed by atoms with Gasteiger partial charge in [0, 0.05) is 5.41 Å². The van der Waals surface area contributed by atoms with Crippen LogP contribution in [0.4, 0.5) is 0 Å². The largest absolute Gasteiger partial charge is 0.410 e. The molecule has 0 atom stereocenters. The van der Waals surface area contributed by atoms with Gasteiger partial charge in [-0.2, -0.15) is 0 Å². The first kappa shape index (κ1) is 12.8. The summed E-state index contributed by atoms with van der Waals surface area (Å²) in [4.78, 5) is 0. The molecule has 0 aliphatic heterocycles. The highest BCUT2D eigenvalue weighted by atomic mass is 35.5. The zero-order chi connectivity index (χ0) is 11.5. The molecule has 1 fully saturated rings. The van der Waals surface area contributed by atoms with Crippen LogP contribution in [0.2, 0.25) is 0 Å². The molecule has 0 aromatic heterocycles. The van der Waals surface area contributed by atoms with E-state index in [1.165, 1.54) is 12.8 Å². The summed E-state index contributed by atoms with van der Waals surface area (Å²) in [5.74, 6) is 0. The molecule has 1 aliphatic rings. The molecule has 0 aromatic carbocycles. The van der Waals surface area contributed by atoms with Gasteiger partial charge in [0.05, 0.1) is 0 Å². The van der Waals surface area contributed by atoms with Gasteiger partial charge in [-0.15, -0.1) is 0 Å². The van der Waals surface area contributed by atoms with Crippen molar-refractivity contribution in [2.75, 3.05) is 0 Å². The zero-order valence-corrected chi connectivity index (χ0v) is 10.8. The van der Waals surface area contributed by atoms with Gasteiger partial charge >= 0.3 is 0 Å². The molecule has 0 heterocycles. The molecule has 0 radical (unpaired) electrons. The molecule has 0 saturated heterocycles. The van der Waals surface area contributed by atoms with E-state index < -0.39 is 0 Å². The smallest absolute Gasteiger partial charge is 0.151 e. The van der Waals surface area contributed by atoms with Crippen molar-refractivity contribution in [1.29, 1.82) is 0 Å². The van der Waals surface area contributed by atoms with Crippen LogP contribution in [-0.4, -0.2) is 10.4 Å². The van der Waals surface area contributed by atoms with Crippen LogP contribution in [0.5, 0.6) is 0 Å². The van der Waals surface area contributed by atoms with Gasteiger partial charge in [0.2, 0.25) is 0 Å². The fraction of sp³-hybridized carbons (Fsp3) is 0.917. The number of hydrogen-bond acceptors (Lipinski definition) is 2. The second kappa shape index (κ2) is 4.73. The molecule has 0 amide bonds. The minimum absolute atomic E-state index is 0.104. The van der Waals surface area contributed by atoms with Gasteiger partial charge in [0.1, 0.15) is 0 Å². The van der Waals surface area contributed by atoms with Crippen molar-refractivity contribution < 1.29 is 5.21 Å². The van der Waals surface area contributed by atoms with Crippen LogP contribution in [-0.2, 0) is 0 Å². The molecule has 1 aliphatic carbocycles. The molecule has 2 nitrogen and oxygen atoms in total. The highest BCUT2D eigenvalue weighted by Gasteiger charge is 2.33. The summed E-state index contributed by atoms with van der Waals surface area (Å²) >= 11 is 5.98. The molecule has 0 bridgehead atoms. The van der Waals surface area contributed by atoms with Crippen LogP contribution in [0.15, 0.2) is 5.16 Å². The van der Waals surface area contributed by atoms with Gasteiger partial charge in [0.25, 0.3) is 0 Å². The van der Waals surface area contributed by atoms with Crippen molar-refractivity contribution in [3.63, 3.8) is 0 Å². The average Bonchev–Trinajstić information content (AvgIpc) is 2.13. The molecule has 1 saturated carbocycles. The number of oxime groups is 1. The SMILES string of the molecule is CC1(C)CCCC(C)(/C(Cl)=N/O)CCC1. The van der Waals surface area contributed by atoms with Crippen molar-refractivity contribution >= 4 is 16.8 Å². The highest BCUT2D eigenvalue weighted by Crippen LogP contribution is 2.41. The summed E-state index contributed by atoms with van der Waals surface area (Å²) in [5.41, 5.74) is 0.358.